The van der Waals surface area contributed by atoms with Crippen molar-refractivity contribution in [1.82, 2.24) is 5.06 Å². The maximum Gasteiger partial charge on any atom is 0.251 e. The lowest BCUT2D eigenvalue weighted by atomic mass is 9.93. The largest absolute Gasteiger partial charge is 0.416 e. The molecular formula is C15H33NO4Si. The van der Waals surface area contributed by atoms with Crippen molar-refractivity contribution in [3.8, 4) is 0 Å². The van der Waals surface area contributed by atoms with Crippen LogP contribution in [0.3, 0.4) is 0 Å². The fraction of sp³-hybridized carbons (Fsp3) is 0.933. The molecule has 0 saturated carbocycles. The number of rotatable bonds is 7. The maximum atomic E-state index is 12.0. The van der Waals surface area contributed by atoms with Gasteiger partial charge in [0.05, 0.1) is 19.1 Å². The first-order valence-corrected chi connectivity index (χ1v) is 10.4. The molecule has 21 heavy (non-hydrogen) atoms. The number of carbonyl (C=O) groups is 1. The number of amides is 1. The molecule has 3 atom stereocenters. The molecule has 0 aromatic carbocycles. The predicted octanol–water partition coefficient (Wildman–Crippen LogP) is 2.66. The summed E-state index contributed by atoms with van der Waals surface area (Å²) in [6.07, 6.45) is -0.750. The van der Waals surface area contributed by atoms with Gasteiger partial charge in [-0.15, -0.1) is 0 Å². The summed E-state index contributed by atoms with van der Waals surface area (Å²) >= 11 is 0. The summed E-state index contributed by atoms with van der Waals surface area (Å²) in [6, 6.07) is 0. The van der Waals surface area contributed by atoms with Crippen LogP contribution in [-0.4, -0.2) is 51.3 Å². The van der Waals surface area contributed by atoms with Crippen LogP contribution < -0.4 is 0 Å². The number of hydrogen-bond donors (Lipinski definition) is 1. The lowest BCUT2D eigenvalue weighted by Crippen LogP contribution is -2.45. The number of hydroxylamine groups is 2. The molecule has 0 aromatic rings. The minimum Gasteiger partial charge on any atom is -0.416 e. The lowest BCUT2D eigenvalue weighted by Gasteiger charge is -2.37. The van der Waals surface area contributed by atoms with Gasteiger partial charge < -0.3 is 9.53 Å². The second-order valence-corrected chi connectivity index (χ2v) is 12.2. The van der Waals surface area contributed by atoms with Gasteiger partial charge in [-0.3, -0.25) is 9.63 Å². The standard InChI is InChI=1S/C15H33NO4Si/c1-11(10-20-21(8,9)15(3,4)5)13(17)12(2)14(18)16(6)19-7/h11-13,17H,10H2,1-9H3/t11-,12+,13+/m0/s1. The first-order valence-electron chi connectivity index (χ1n) is 7.49. The number of aliphatic hydroxyl groups is 1. The van der Waals surface area contributed by atoms with E-state index in [-0.39, 0.29) is 16.9 Å². The van der Waals surface area contributed by atoms with E-state index in [0.717, 1.165) is 5.06 Å². The second kappa shape index (κ2) is 7.72. The molecule has 0 spiro atoms. The van der Waals surface area contributed by atoms with Crippen LogP contribution in [0.25, 0.3) is 0 Å². The van der Waals surface area contributed by atoms with E-state index in [4.69, 9.17) is 9.26 Å². The molecule has 5 nitrogen and oxygen atoms in total. The van der Waals surface area contributed by atoms with Crippen LogP contribution in [-0.2, 0) is 14.1 Å². The van der Waals surface area contributed by atoms with E-state index < -0.39 is 20.3 Å². The highest BCUT2D eigenvalue weighted by Gasteiger charge is 2.38. The second-order valence-electron chi connectivity index (χ2n) is 7.35. The molecule has 0 unspecified atom stereocenters. The molecule has 0 bridgehead atoms. The zero-order valence-corrected chi connectivity index (χ0v) is 16.1. The molecule has 0 radical (unpaired) electrons. The first-order chi connectivity index (χ1) is 9.35. The highest BCUT2D eigenvalue weighted by molar-refractivity contribution is 6.74. The summed E-state index contributed by atoms with van der Waals surface area (Å²) < 4.78 is 6.12. The SMILES string of the molecule is CON(C)C(=O)[C@H](C)[C@H](O)[C@@H](C)CO[Si](C)(C)C(C)(C)C. The fourth-order valence-corrected chi connectivity index (χ4v) is 2.78. The Labute approximate surface area is 130 Å². The molecule has 1 N–H and O–H groups in total. The zero-order valence-electron chi connectivity index (χ0n) is 15.1. The van der Waals surface area contributed by atoms with Gasteiger partial charge in [-0.1, -0.05) is 34.6 Å². The average molecular weight is 320 g/mol. The first kappa shape index (κ1) is 20.6. The van der Waals surface area contributed by atoms with Crippen molar-refractivity contribution in [3.63, 3.8) is 0 Å². The van der Waals surface area contributed by atoms with Gasteiger partial charge in [-0.2, -0.15) is 0 Å². The van der Waals surface area contributed by atoms with Crippen LogP contribution in [0.15, 0.2) is 0 Å². The van der Waals surface area contributed by atoms with Gasteiger partial charge in [0.2, 0.25) is 0 Å². The van der Waals surface area contributed by atoms with E-state index in [1.54, 1.807) is 14.0 Å². The summed E-state index contributed by atoms with van der Waals surface area (Å²) in [5.74, 6) is -0.861. The Bertz CT molecular complexity index is 341. The van der Waals surface area contributed by atoms with Crippen LogP contribution in [0.2, 0.25) is 18.1 Å². The highest BCUT2D eigenvalue weighted by Crippen LogP contribution is 2.37. The van der Waals surface area contributed by atoms with Crippen molar-refractivity contribution >= 4 is 14.2 Å². The van der Waals surface area contributed by atoms with Crippen molar-refractivity contribution in [2.45, 2.75) is 58.9 Å². The van der Waals surface area contributed by atoms with Crippen LogP contribution in [0, 0.1) is 11.8 Å². The van der Waals surface area contributed by atoms with Crippen molar-refractivity contribution in [1.29, 1.82) is 0 Å². The summed E-state index contributed by atoms with van der Waals surface area (Å²) in [5, 5.41) is 11.6. The number of carbonyl (C=O) groups excluding carboxylic acids is 1. The van der Waals surface area contributed by atoms with Gasteiger partial charge in [-0.25, -0.2) is 5.06 Å². The van der Waals surface area contributed by atoms with E-state index in [1.807, 2.05) is 6.92 Å². The molecule has 0 aromatic heterocycles. The van der Waals surface area contributed by atoms with Gasteiger partial charge in [0, 0.05) is 19.6 Å². The zero-order chi connectivity index (χ0) is 17.0. The van der Waals surface area contributed by atoms with E-state index in [2.05, 4.69) is 33.9 Å². The van der Waals surface area contributed by atoms with Crippen molar-refractivity contribution in [3.05, 3.63) is 0 Å². The van der Waals surface area contributed by atoms with Gasteiger partial charge in [0.1, 0.15) is 0 Å². The Morgan fingerprint density at radius 1 is 1.29 bits per heavy atom. The van der Waals surface area contributed by atoms with Gasteiger partial charge in [0.25, 0.3) is 5.91 Å². The smallest absolute Gasteiger partial charge is 0.251 e. The number of hydrogen-bond acceptors (Lipinski definition) is 4. The molecular weight excluding hydrogens is 286 g/mol. The minimum absolute atomic E-state index is 0.108. The van der Waals surface area contributed by atoms with Crippen molar-refractivity contribution in [2.24, 2.45) is 11.8 Å². The Balaban J connectivity index is 4.60. The number of nitrogens with zero attached hydrogens (tertiary/aromatic N) is 1. The van der Waals surface area contributed by atoms with Gasteiger partial charge in [-0.05, 0) is 18.1 Å². The quantitative estimate of drug-likeness (QED) is 0.579. The maximum absolute atomic E-state index is 12.0. The van der Waals surface area contributed by atoms with E-state index in [9.17, 15) is 9.90 Å². The monoisotopic (exact) mass is 319 g/mol. The summed E-state index contributed by atoms with van der Waals surface area (Å²) in [6.45, 7) is 15.0. The topological polar surface area (TPSA) is 59.0 Å². The Morgan fingerprint density at radius 3 is 2.14 bits per heavy atom. The molecule has 0 fully saturated rings. The molecule has 0 aliphatic rings. The minimum atomic E-state index is -1.84. The average Bonchev–Trinajstić information content (AvgIpc) is 2.40. The molecule has 126 valence electrons. The van der Waals surface area contributed by atoms with Gasteiger partial charge in [0.15, 0.2) is 8.32 Å². The molecule has 0 saturated heterocycles. The summed E-state index contributed by atoms with van der Waals surface area (Å²) in [5.41, 5.74) is 0. The molecule has 6 heteroatoms. The third-order valence-electron chi connectivity index (χ3n) is 4.58. The molecule has 1 amide bonds. The normalized spacial score (nSPS) is 17.2. The van der Waals surface area contributed by atoms with Crippen LogP contribution in [0.1, 0.15) is 34.6 Å². The third-order valence-corrected chi connectivity index (χ3v) is 9.08. The van der Waals surface area contributed by atoms with Crippen LogP contribution in [0.5, 0.6) is 0 Å². The lowest BCUT2D eigenvalue weighted by molar-refractivity contribution is -0.177. The van der Waals surface area contributed by atoms with E-state index in [0.29, 0.717) is 6.61 Å². The van der Waals surface area contributed by atoms with E-state index >= 15 is 0 Å². The Kier molecular flexibility index (Phi) is 7.56. The number of aliphatic hydroxyl groups excluding tert-OH is 1. The highest BCUT2D eigenvalue weighted by atomic mass is 28.4. The third kappa shape index (κ3) is 5.69. The summed E-state index contributed by atoms with van der Waals surface area (Å²) in [4.78, 5) is 16.9. The van der Waals surface area contributed by atoms with Crippen LogP contribution >= 0.6 is 0 Å². The molecule has 0 rings (SSSR count). The summed E-state index contributed by atoms with van der Waals surface area (Å²) in [7, 11) is 1.14. The fourth-order valence-electron chi connectivity index (χ4n) is 1.67. The van der Waals surface area contributed by atoms with Crippen LogP contribution in [0.4, 0.5) is 0 Å². The molecule has 0 aliphatic carbocycles. The van der Waals surface area contributed by atoms with Crippen molar-refractivity contribution < 1.29 is 19.2 Å². The van der Waals surface area contributed by atoms with E-state index in [1.165, 1.54) is 7.11 Å². The Hall–Kier alpha value is -0.433. The van der Waals surface area contributed by atoms with Gasteiger partial charge >= 0.3 is 0 Å². The molecule has 0 heterocycles. The van der Waals surface area contributed by atoms with Crippen molar-refractivity contribution in [2.75, 3.05) is 20.8 Å². The molecule has 0 aliphatic heterocycles. The Morgan fingerprint density at radius 2 is 1.76 bits per heavy atom. The predicted molar refractivity (Wildman–Crippen MR) is 87.3 cm³/mol.